The van der Waals surface area contributed by atoms with Crippen molar-refractivity contribution < 1.29 is 22.3 Å². The first-order valence-corrected chi connectivity index (χ1v) is 14.0. The Morgan fingerprint density at radius 1 is 1.26 bits per heavy atom. The zero-order chi connectivity index (χ0) is 24.5. The third kappa shape index (κ3) is 5.11. The number of aryl methyl sites for hydroxylation is 1. The fourth-order valence-electron chi connectivity index (χ4n) is 5.03. The van der Waals surface area contributed by atoms with Crippen LogP contribution < -0.4 is 10.9 Å². The normalized spacial score (nSPS) is 18.8. The Hall–Kier alpha value is -2.11. The van der Waals surface area contributed by atoms with Crippen LogP contribution in [0.15, 0.2) is 15.9 Å². The van der Waals surface area contributed by atoms with Gasteiger partial charge in [-0.3, -0.25) is 9.59 Å². The van der Waals surface area contributed by atoms with Crippen molar-refractivity contribution >= 4 is 32.2 Å². The molecule has 0 radical (unpaired) electrons. The summed E-state index contributed by atoms with van der Waals surface area (Å²) in [7, 11) is -3.83. The number of nitrogens with one attached hydrogen (secondary N) is 2. The van der Waals surface area contributed by atoms with Crippen molar-refractivity contribution in [2.75, 3.05) is 18.5 Å². The Balaban J connectivity index is 1.83. The van der Waals surface area contributed by atoms with Crippen LogP contribution >= 0.6 is 11.3 Å². The lowest BCUT2D eigenvalue weighted by atomic mass is 9.84. The number of H-pyrrole nitrogens is 1. The topological polar surface area (TPSA) is 118 Å². The zero-order valence-corrected chi connectivity index (χ0v) is 21.0. The van der Waals surface area contributed by atoms with E-state index in [0.29, 0.717) is 67.9 Å². The first-order valence-electron chi connectivity index (χ1n) is 11.7. The van der Waals surface area contributed by atoms with E-state index in [2.05, 4.69) is 15.3 Å². The molecule has 186 valence electrons. The highest BCUT2D eigenvalue weighted by Gasteiger charge is 2.39. The molecule has 2 N–H and O–H groups in total. The van der Waals surface area contributed by atoms with E-state index in [4.69, 9.17) is 4.74 Å². The maximum atomic E-state index is 13.8. The second-order valence-corrected chi connectivity index (χ2v) is 12.3. The van der Waals surface area contributed by atoms with Crippen molar-refractivity contribution in [3.05, 3.63) is 38.5 Å². The summed E-state index contributed by atoms with van der Waals surface area (Å²) in [6, 6.07) is 0. The van der Waals surface area contributed by atoms with Crippen LogP contribution in [0.4, 0.5) is 9.52 Å². The van der Waals surface area contributed by atoms with E-state index in [9.17, 15) is 22.4 Å². The van der Waals surface area contributed by atoms with Gasteiger partial charge in [-0.25, -0.2) is 13.4 Å². The van der Waals surface area contributed by atoms with Gasteiger partial charge >= 0.3 is 0 Å². The molecule has 2 aromatic heterocycles. The van der Waals surface area contributed by atoms with E-state index in [1.165, 1.54) is 0 Å². The number of carbonyl (C=O) groups is 1. The highest BCUT2D eigenvalue weighted by molar-refractivity contribution is 7.92. The van der Waals surface area contributed by atoms with Gasteiger partial charge in [0.05, 0.1) is 22.3 Å². The SMILES string of the molecule is Cc1[nH]c(=O)c([C@@H](CC2CCOCC2)C(=O)Nc2ncc(F)s2)c(S(=O)(=O)C2CCCC2)c1C. The lowest BCUT2D eigenvalue weighted by molar-refractivity contribution is -0.118. The van der Waals surface area contributed by atoms with Crippen molar-refractivity contribution in [1.29, 1.82) is 0 Å². The van der Waals surface area contributed by atoms with E-state index in [1.54, 1.807) is 13.8 Å². The molecular weight excluding hydrogens is 481 g/mol. The number of halogens is 1. The second-order valence-electron chi connectivity index (χ2n) is 9.20. The van der Waals surface area contributed by atoms with Crippen molar-refractivity contribution in [2.45, 2.75) is 74.9 Å². The van der Waals surface area contributed by atoms with Crippen LogP contribution in [0.25, 0.3) is 0 Å². The van der Waals surface area contributed by atoms with E-state index in [0.717, 1.165) is 19.0 Å². The van der Waals surface area contributed by atoms with E-state index in [-0.39, 0.29) is 21.5 Å². The highest BCUT2D eigenvalue weighted by atomic mass is 32.2. The molecule has 1 saturated carbocycles. The molecule has 3 heterocycles. The summed E-state index contributed by atoms with van der Waals surface area (Å²) in [6.45, 7) is 4.44. The van der Waals surface area contributed by atoms with Crippen LogP contribution in [0, 0.1) is 24.9 Å². The lowest BCUT2D eigenvalue weighted by Gasteiger charge is -2.28. The first kappa shape index (κ1) is 25.0. The summed E-state index contributed by atoms with van der Waals surface area (Å²) in [5.74, 6) is -1.50. The van der Waals surface area contributed by atoms with Crippen LogP contribution in [0.1, 0.15) is 67.7 Å². The third-order valence-corrected chi connectivity index (χ3v) is 10.1. The monoisotopic (exact) mass is 511 g/mol. The zero-order valence-electron chi connectivity index (χ0n) is 19.4. The number of thiazole rings is 1. The number of hydrogen-bond donors (Lipinski definition) is 2. The molecule has 1 aliphatic carbocycles. The van der Waals surface area contributed by atoms with Crippen LogP contribution in [-0.4, -0.2) is 42.8 Å². The largest absolute Gasteiger partial charge is 0.381 e. The molecule has 1 aliphatic heterocycles. The van der Waals surface area contributed by atoms with Gasteiger partial charge in [-0.2, -0.15) is 4.39 Å². The molecule has 0 aromatic carbocycles. The number of anilines is 1. The molecule has 8 nitrogen and oxygen atoms in total. The number of pyridine rings is 1. The Morgan fingerprint density at radius 3 is 2.56 bits per heavy atom. The van der Waals surface area contributed by atoms with Gasteiger partial charge in [0.25, 0.3) is 5.56 Å². The number of ether oxygens (including phenoxy) is 1. The van der Waals surface area contributed by atoms with Gasteiger partial charge in [0.2, 0.25) is 5.91 Å². The minimum absolute atomic E-state index is 0.0156. The lowest BCUT2D eigenvalue weighted by Crippen LogP contribution is -2.34. The van der Waals surface area contributed by atoms with Crippen LogP contribution in [-0.2, 0) is 19.4 Å². The number of aromatic amines is 1. The predicted molar refractivity (Wildman–Crippen MR) is 128 cm³/mol. The molecule has 2 aromatic rings. The molecular formula is C23H30FN3O5S2. The molecule has 11 heteroatoms. The molecule has 1 amide bonds. The predicted octanol–water partition coefficient (Wildman–Crippen LogP) is 3.84. The smallest absolute Gasteiger partial charge is 0.253 e. The Labute approximate surface area is 202 Å². The van der Waals surface area contributed by atoms with Crippen LogP contribution in [0.5, 0.6) is 0 Å². The Kier molecular flexibility index (Phi) is 7.54. The standard InChI is InChI=1S/C23H30FN3O5S2/c1-13-14(2)26-22(29)19(20(13)34(30,31)16-5-3-4-6-16)17(11-15-7-9-32-10-8-15)21(28)27-23-25-12-18(24)33-23/h12,15-17H,3-11H2,1-2H3,(H,26,29)(H,25,27,28)/t17-/m1/s1. The molecule has 0 unspecified atom stereocenters. The summed E-state index contributed by atoms with van der Waals surface area (Å²) in [6.07, 6.45) is 5.45. The van der Waals surface area contributed by atoms with Crippen molar-refractivity contribution in [1.82, 2.24) is 9.97 Å². The summed E-state index contributed by atoms with van der Waals surface area (Å²) >= 11 is 0.681. The molecule has 1 atom stereocenters. The molecule has 2 fully saturated rings. The van der Waals surface area contributed by atoms with Gasteiger partial charge in [0, 0.05) is 24.5 Å². The molecule has 0 spiro atoms. The van der Waals surface area contributed by atoms with Gasteiger partial charge < -0.3 is 15.0 Å². The molecule has 2 aliphatic rings. The summed E-state index contributed by atoms with van der Waals surface area (Å²) in [4.78, 5) is 33.4. The number of rotatable bonds is 7. The summed E-state index contributed by atoms with van der Waals surface area (Å²) < 4.78 is 46.5. The highest BCUT2D eigenvalue weighted by Crippen LogP contribution is 2.38. The minimum atomic E-state index is -3.83. The minimum Gasteiger partial charge on any atom is -0.381 e. The quantitative estimate of drug-likeness (QED) is 0.583. The van der Waals surface area contributed by atoms with Crippen LogP contribution in [0.3, 0.4) is 0 Å². The van der Waals surface area contributed by atoms with Crippen molar-refractivity contribution in [3.8, 4) is 0 Å². The number of carbonyl (C=O) groups excluding carboxylic acids is 1. The average molecular weight is 512 g/mol. The maximum absolute atomic E-state index is 13.8. The Morgan fingerprint density at radius 2 is 1.94 bits per heavy atom. The average Bonchev–Trinajstić information content (AvgIpc) is 3.48. The first-order chi connectivity index (χ1) is 16.2. The van der Waals surface area contributed by atoms with E-state index >= 15 is 0 Å². The fourth-order valence-corrected chi connectivity index (χ4v) is 7.99. The number of amides is 1. The van der Waals surface area contributed by atoms with Crippen molar-refractivity contribution in [3.63, 3.8) is 0 Å². The third-order valence-electron chi connectivity index (χ3n) is 7.00. The molecule has 4 rings (SSSR count). The molecule has 1 saturated heterocycles. The van der Waals surface area contributed by atoms with Gasteiger partial charge in [0.1, 0.15) is 0 Å². The van der Waals surface area contributed by atoms with Gasteiger partial charge in [0.15, 0.2) is 20.1 Å². The number of nitrogens with zero attached hydrogens (tertiary/aromatic N) is 1. The number of hydrogen-bond acceptors (Lipinski definition) is 7. The number of sulfone groups is 1. The second kappa shape index (κ2) is 10.2. The maximum Gasteiger partial charge on any atom is 0.253 e. The van der Waals surface area contributed by atoms with Gasteiger partial charge in [-0.15, -0.1) is 0 Å². The van der Waals surface area contributed by atoms with Gasteiger partial charge in [-0.05, 0) is 57.4 Å². The van der Waals surface area contributed by atoms with Crippen LogP contribution in [0.2, 0.25) is 0 Å². The van der Waals surface area contributed by atoms with E-state index < -0.39 is 37.6 Å². The Bertz CT molecular complexity index is 1210. The summed E-state index contributed by atoms with van der Waals surface area (Å²) in [5, 5.41) is 1.56. The molecule has 34 heavy (non-hydrogen) atoms. The van der Waals surface area contributed by atoms with E-state index in [1.807, 2.05) is 0 Å². The van der Waals surface area contributed by atoms with Gasteiger partial charge in [-0.1, -0.05) is 24.2 Å². The molecule has 0 bridgehead atoms. The number of aromatic nitrogens is 2. The fraction of sp³-hybridized carbons (Fsp3) is 0.609. The van der Waals surface area contributed by atoms with Crippen molar-refractivity contribution in [2.24, 2.45) is 5.92 Å². The summed E-state index contributed by atoms with van der Waals surface area (Å²) in [5.41, 5.74) is 0.345.